The number of hydrogen-bond donors (Lipinski definition) is 0. The highest BCUT2D eigenvalue weighted by atomic mass is 14.2. The van der Waals surface area contributed by atoms with Gasteiger partial charge < -0.3 is 0 Å². The SMILES string of the molecule is C#Cc1ccccc1C1=Cc2cc(CCC3=CC=CC3C)ccc2C1. The average Bonchev–Trinajstić information content (AvgIpc) is 3.25. The topological polar surface area (TPSA) is 0 Å². The van der Waals surface area contributed by atoms with Crippen LogP contribution in [-0.4, -0.2) is 0 Å². The summed E-state index contributed by atoms with van der Waals surface area (Å²) < 4.78 is 0. The lowest BCUT2D eigenvalue weighted by Gasteiger charge is -2.09. The van der Waals surface area contributed by atoms with Gasteiger partial charge in [-0.2, -0.15) is 0 Å². The third-order valence-electron chi connectivity index (χ3n) is 5.35. The van der Waals surface area contributed by atoms with E-state index in [1.54, 1.807) is 5.57 Å². The van der Waals surface area contributed by atoms with Crippen molar-refractivity contribution >= 4 is 11.6 Å². The fraction of sp³-hybridized carbons (Fsp3) is 0.200. The van der Waals surface area contributed by atoms with Crippen molar-refractivity contribution in [2.75, 3.05) is 0 Å². The highest BCUT2D eigenvalue weighted by Gasteiger charge is 2.16. The predicted molar refractivity (Wildman–Crippen MR) is 107 cm³/mol. The summed E-state index contributed by atoms with van der Waals surface area (Å²) >= 11 is 0. The first-order valence-corrected chi connectivity index (χ1v) is 9.00. The molecule has 0 N–H and O–H groups in total. The van der Waals surface area contributed by atoms with E-state index in [0.29, 0.717) is 5.92 Å². The van der Waals surface area contributed by atoms with Crippen molar-refractivity contribution in [1.82, 2.24) is 0 Å². The van der Waals surface area contributed by atoms with Gasteiger partial charge in [0.2, 0.25) is 0 Å². The standard InChI is InChI=1S/C25H22/c1-3-20-8-4-5-10-25(20)24-16-22-14-12-19(15-23(22)17-24)11-13-21-9-6-7-18(21)2/h1,4-10,12,14-15,17-18H,11,13,16H2,2H3. The van der Waals surface area contributed by atoms with Crippen LogP contribution in [0.3, 0.4) is 0 Å². The highest BCUT2D eigenvalue weighted by molar-refractivity contribution is 5.90. The Morgan fingerprint density at radius 2 is 2.00 bits per heavy atom. The van der Waals surface area contributed by atoms with Crippen molar-refractivity contribution in [3.63, 3.8) is 0 Å². The molecule has 0 aliphatic heterocycles. The minimum absolute atomic E-state index is 0.598. The molecule has 0 nitrogen and oxygen atoms in total. The smallest absolute Gasteiger partial charge is 0.0317 e. The van der Waals surface area contributed by atoms with Gasteiger partial charge in [-0.15, -0.1) is 6.42 Å². The molecule has 2 aliphatic carbocycles. The minimum atomic E-state index is 0.598. The normalized spacial score (nSPS) is 17.8. The van der Waals surface area contributed by atoms with Crippen LogP contribution in [0.4, 0.5) is 0 Å². The third kappa shape index (κ3) is 3.11. The van der Waals surface area contributed by atoms with Crippen LogP contribution in [-0.2, 0) is 12.8 Å². The van der Waals surface area contributed by atoms with Gasteiger partial charge >= 0.3 is 0 Å². The monoisotopic (exact) mass is 322 g/mol. The van der Waals surface area contributed by atoms with E-state index in [1.165, 1.54) is 27.8 Å². The zero-order chi connectivity index (χ0) is 17.2. The second-order valence-corrected chi connectivity index (χ2v) is 6.98. The van der Waals surface area contributed by atoms with E-state index in [0.717, 1.165) is 24.8 Å². The molecule has 0 heteroatoms. The summed E-state index contributed by atoms with van der Waals surface area (Å²) in [7, 11) is 0. The van der Waals surface area contributed by atoms with E-state index in [2.05, 4.69) is 67.5 Å². The summed E-state index contributed by atoms with van der Waals surface area (Å²) in [5, 5.41) is 0. The second-order valence-electron chi connectivity index (χ2n) is 6.98. The zero-order valence-electron chi connectivity index (χ0n) is 14.6. The number of benzene rings is 2. The van der Waals surface area contributed by atoms with E-state index in [4.69, 9.17) is 6.42 Å². The Bertz CT molecular complexity index is 944. The van der Waals surface area contributed by atoms with Gasteiger partial charge in [0, 0.05) is 5.56 Å². The summed E-state index contributed by atoms with van der Waals surface area (Å²) in [6, 6.07) is 15.2. The lowest BCUT2D eigenvalue weighted by atomic mass is 9.96. The lowest BCUT2D eigenvalue weighted by molar-refractivity contribution is 0.787. The van der Waals surface area contributed by atoms with Crippen LogP contribution in [0.15, 0.2) is 66.3 Å². The summed E-state index contributed by atoms with van der Waals surface area (Å²) in [4.78, 5) is 0. The first kappa shape index (κ1) is 15.7. The van der Waals surface area contributed by atoms with Gasteiger partial charge in [0.05, 0.1) is 0 Å². The quantitative estimate of drug-likeness (QED) is 0.621. The fourth-order valence-electron chi connectivity index (χ4n) is 3.82. The summed E-state index contributed by atoms with van der Waals surface area (Å²) in [6.45, 7) is 2.27. The van der Waals surface area contributed by atoms with Crippen LogP contribution in [0.2, 0.25) is 0 Å². The van der Waals surface area contributed by atoms with E-state index < -0.39 is 0 Å². The number of fused-ring (bicyclic) bond motifs is 1. The van der Waals surface area contributed by atoms with E-state index in [1.807, 2.05) is 12.1 Å². The van der Waals surface area contributed by atoms with Crippen LogP contribution in [0.25, 0.3) is 11.6 Å². The van der Waals surface area contributed by atoms with Crippen molar-refractivity contribution in [2.24, 2.45) is 5.92 Å². The maximum atomic E-state index is 5.67. The van der Waals surface area contributed by atoms with Crippen LogP contribution in [0.1, 0.15) is 41.2 Å². The fourth-order valence-corrected chi connectivity index (χ4v) is 3.82. The Labute approximate surface area is 150 Å². The minimum Gasteiger partial charge on any atom is -0.115 e. The van der Waals surface area contributed by atoms with Crippen molar-refractivity contribution < 1.29 is 0 Å². The zero-order valence-corrected chi connectivity index (χ0v) is 14.6. The maximum absolute atomic E-state index is 5.67. The summed E-state index contributed by atoms with van der Waals surface area (Å²) in [5.74, 6) is 3.41. The molecule has 2 aromatic rings. The largest absolute Gasteiger partial charge is 0.115 e. The molecule has 1 atom stereocenters. The molecule has 0 saturated heterocycles. The number of aryl methyl sites for hydroxylation is 1. The Morgan fingerprint density at radius 1 is 1.12 bits per heavy atom. The van der Waals surface area contributed by atoms with Crippen molar-refractivity contribution in [3.05, 3.63) is 94.1 Å². The van der Waals surface area contributed by atoms with Crippen molar-refractivity contribution in [3.8, 4) is 12.3 Å². The van der Waals surface area contributed by atoms with Crippen LogP contribution < -0.4 is 0 Å². The number of hydrogen-bond acceptors (Lipinski definition) is 0. The molecule has 0 radical (unpaired) electrons. The predicted octanol–water partition coefficient (Wildman–Crippen LogP) is 5.83. The third-order valence-corrected chi connectivity index (χ3v) is 5.35. The first-order chi connectivity index (χ1) is 12.2. The van der Waals surface area contributed by atoms with Crippen molar-refractivity contribution in [1.29, 1.82) is 0 Å². The Morgan fingerprint density at radius 3 is 2.80 bits per heavy atom. The molecule has 0 fully saturated rings. The number of terminal acetylenes is 1. The van der Waals surface area contributed by atoms with Gasteiger partial charge in [-0.3, -0.25) is 0 Å². The maximum Gasteiger partial charge on any atom is 0.0317 e. The molecule has 4 rings (SSSR count). The molecular formula is C25H22. The number of rotatable bonds is 4. The molecule has 2 aliphatic rings. The molecule has 0 bridgehead atoms. The molecule has 0 heterocycles. The van der Waals surface area contributed by atoms with Gasteiger partial charge in [0.15, 0.2) is 0 Å². The van der Waals surface area contributed by atoms with E-state index >= 15 is 0 Å². The molecule has 2 aromatic carbocycles. The van der Waals surface area contributed by atoms with Crippen molar-refractivity contribution in [2.45, 2.75) is 26.2 Å². The molecular weight excluding hydrogens is 300 g/mol. The molecule has 0 amide bonds. The first-order valence-electron chi connectivity index (χ1n) is 9.00. The molecule has 122 valence electrons. The summed E-state index contributed by atoms with van der Waals surface area (Å²) in [6.07, 6.45) is 17.9. The Hall–Kier alpha value is -2.78. The molecule has 1 unspecified atom stereocenters. The van der Waals surface area contributed by atoms with Gasteiger partial charge in [-0.05, 0) is 59.1 Å². The second kappa shape index (κ2) is 6.61. The average molecular weight is 322 g/mol. The van der Waals surface area contributed by atoms with E-state index in [9.17, 15) is 0 Å². The van der Waals surface area contributed by atoms with Crippen LogP contribution >= 0.6 is 0 Å². The van der Waals surface area contributed by atoms with Gasteiger partial charge in [0.25, 0.3) is 0 Å². The van der Waals surface area contributed by atoms with Gasteiger partial charge in [-0.1, -0.05) is 79.1 Å². The van der Waals surface area contributed by atoms with Crippen LogP contribution in [0, 0.1) is 18.3 Å². The van der Waals surface area contributed by atoms with Gasteiger partial charge in [0.1, 0.15) is 0 Å². The Kier molecular flexibility index (Phi) is 4.16. The van der Waals surface area contributed by atoms with Crippen LogP contribution in [0.5, 0.6) is 0 Å². The number of allylic oxidation sites excluding steroid dienone is 5. The van der Waals surface area contributed by atoms with E-state index in [-0.39, 0.29) is 0 Å². The summed E-state index contributed by atoms with van der Waals surface area (Å²) in [5.41, 5.74) is 9.22. The lowest BCUT2D eigenvalue weighted by Crippen LogP contribution is -1.96. The molecule has 0 spiro atoms. The molecule has 0 aromatic heterocycles. The Balaban J connectivity index is 1.54. The highest BCUT2D eigenvalue weighted by Crippen LogP contribution is 2.34. The molecule has 0 saturated carbocycles. The van der Waals surface area contributed by atoms with Gasteiger partial charge in [-0.25, -0.2) is 0 Å². The molecule has 25 heavy (non-hydrogen) atoms.